The van der Waals surface area contributed by atoms with Gasteiger partial charge >= 0.3 is 0 Å². The first-order chi connectivity index (χ1) is 11.1. The van der Waals surface area contributed by atoms with Crippen LogP contribution in [0, 0.1) is 11.3 Å². The summed E-state index contributed by atoms with van der Waals surface area (Å²) in [5, 5.41) is 19.7. The Balaban J connectivity index is 1.95. The molecule has 5 nitrogen and oxygen atoms in total. The summed E-state index contributed by atoms with van der Waals surface area (Å²) in [5.41, 5.74) is 0.983. The van der Waals surface area contributed by atoms with Crippen molar-refractivity contribution in [1.29, 1.82) is 5.26 Å². The maximum atomic E-state index is 12.3. The third-order valence-corrected chi connectivity index (χ3v) is 6.22. The summed E-state index contributed by atoms with van der Waals surface area (Å²) in [4.78, 5) is 12.3. The number of hydrogen-bond donors (Lipinski definition) is 1. The molecule has 1 heterocycles. The average molecular weight is 365 g/mol. The molecule has 2 rings (SSSR count). The molecular weight excluding hydrogens is 348 g/mol. The molecule has 0 saturated carbocycles. The summed E-state index contributed by atoms with van der Waals surface area (Å²) in [6.45, 7) is 3.93. The zero-order valence-corrected chi connectivity index (χ0v) is 15.2. The van der Waals surface area contributed by atoms with Gasteiger partial charge in [0, 0.05) is 5.75 Å². The summed E-state index contributed by atoms with van der Waals surface area (Å²) >= 11 is 4.56. The van der Waals surface area contributed by atoms with E-state index in [1.54, 1.807) is 36.0 Å². The fourth-order valence-corrected chi connectivity index (χ4v) is 4.71. The van der Waals surface area contributed by atoms with Gasteiger partial charge in [0.1, 0.15) is 6.07 Å². The van der Waals surface area contributed by atoms with Gasteiger partial charge in [-0.15, -0.1) is 10.2 Å². The van der Waals surface area contributed by atoms with E-state index in [9.17, 15) is 4.79 Å². The normalized spacial score (nSPS) is 11.7. The second kappa shape index (κ2) is 8.91. The minimum atomic E-state index is -0.321. The highest BCUT2D eigenvalue weighted by Gasteiger charge is 2.18. The van der Waals surface area contributed by atoms with Crippen LogP contribution in [0.3, 0.4) is 0 Å². The van der Waals surface area contributed by atoms with Gasteiger partial charge < -0.3 is 5.32 Å². The molecule has 1 aromatic carbocycles. The number of para-hydroxylation sites is 1. The molecule has 120 valence electrons. The minimum Gasteiger partial charge on any atom is -0.324 e. The lowest BCUT2D eigenvalue weighted by atomic mass is 10.2. The van der Waals surface area contributed by atoms with Gasteiger partial charge in [0.05, 0.1) is 16.5 Å². The van der Waals surface area contributed by atoms with Crippen molar-refractivity contribution in [2.45, 2.75) is 34.2 Å². The fraction of sp³-hybridized carbons (Fsp3) is 0.333. The number of nitrogens with zero attached hydrogens (tertiary/aromatic N) is 3. The smallest absolute Gasteiger partial charge is 0.237 e. The van der Waals surface area contributed by atoms with Crippen LogP contribution in [0.25, 0.3) is 0 Å². The van der Waals surface area contributed by atoms with Gasteiger partial charge in [0.25, 0.3) is 0 Å². The van der Waals surface area contributed by atoms with Gasteiger partial charge in [0.2, 0.25) is 5.91 Å². The molecule has 0 fully saturated rings. The monoisotopic (exact) mass is 364 g/mol. The topological polar surface area (TPSA) is 78.7 Å². The Morgan fingerprint density at radius 2 is 2.13 bits per heavy atom. The lowest BCUT2D eigenvalue weighted by molar-refractivity contribution is -0.115. The number of carbonyl (C=O) groups is 1. The van der Waals surface area contributed by atoms with E-state index in [-0.39, 0.29) is 11.2 Å². The second-order valence-corrected chi connectivity index (χ2v) is 8.50. The molecule has 0 aliphatic heterocycles. The molecule has 1 aromatic heterocycles. The van der Waals surface area contributed by atoms with Crippen molar-refractivity contribution in [2.24, 2.45) is 0 Å². The number of carbonyl (C=O) groups excluding carboxylic acids is 1. The van der Waals surface area contributed by atoms with E-state index in [0.29, 0.717) is 11.3 Å². The van der Waals surface area contributed by atoms with E-state index in [4.69, 9.17) is 5.26 Å². The summed E-state index contributed by atoms with van der Waals surface area (Å²) in [6.07, 6.45) is 1.09. The Kier molecular flexibility index (Phi) is 6.89. The van der Waals surface area contributed by atoms with Crippen LogP contribution in [0.15, 0.2) is 32.9 Å². The van der Waals surface area contributed by atoms with Crippen LogP contribution in [-0.4, -0.2) is 27.1 Å². The number of rotatable bonds is 7. The van der Waals surface area contributed by atoms with E-state index in [1.807, 2.05) is 6.92 Å². The molecule has 0 spiro atoms. The van der Waals surface area contributed by atoms with Crippen LogP contribution < -0.4 is 5.32 Å². The zero-order valence-electron chi connectivity index (χ0n) is 12.8. The zero-order chi connectivity index (χ0) is 16.7. The fourth-order valence-electron chi connectivity index (χ4n) is 1.62. The number of nitriles is 1. The molecule has 8 heteroatoms. The van der Waals surface area contributed by atoms with E-state index in [2.05, 4.69) is 28.5 Å². The van der Waals surface area contributed by atoms with Crippen molar-refractivity contribution in [3.05, 3.63) is 29.8 Å². The maximum Gasteiger partial charge on any atom is 0.237 e. The van der Waals surface area contributed by atoms with E-state index < -0.39 is 0 Å². The van der Waals surface area contributed by atoms with Gasteiger partial charge in [-0.1, -0.05) is 53.9 Å². The van der Waals surface area contributed by atoms with Crippen LogP contribution >= 0.6 is 34.9 Å². The summed E-state index contributed by atoms with van der Waals surface area (Å²) in [7, 11) is 0. The Bertz CT molecular complexity index is 711. The number of amides is 1. The average Bonchev–Trinajstić information content (AvgIpc) is 3.00. The van der Waals surface area contributed by atoms with E-state index in [0.717, 1.165) is 20.9 Å². The highest BCUT2D eigenvalue weighted by molar-refractivity contribution is 8.03. The molecule has 0 bridgehead atoms. The molecular formula is C15H16N4OS3. The Morgan fingerprint density at radius 3 is 2.87 bits per heavy atom. The van der Waals surface area contributed by atoms with Crippen molar-refractivity contribution >= 4 is 46.5 Å². The minimum absolute atomic E-state index is 0.157. The molecule has 23 heavy (non-hydrogen) atoms. The van der Waals surface area contributed by atoms with Crippen molar-refractivity contribution in [1.82, 2.24) is 10.2 Å². The molecule has 1 atom stereocenters. The largest absolute Gasteiger partial charge is 0.324 e. The first kappa shape index (κ1) is 17.8. The number of benzene rings is 1. The molecule has 1 N–H and O–H groups in total. The molecule has 0 aliphatic carbocycles. The lowest BCUT2D eigenvalue weighted by Crippen LogP contribution is -2.22. The second-order valence-electron chi connectivity index (χ2n) is 4.59. The highest BCUT2D eigenvalue weighted by atomic mass is 32.2. The third-order valence-electron chi connectivity index (χ3n) is 2.77. The van der Waals surface area contributed by atoms with Crippen molar-refractivity contribution < 1.29 is 4.79 Å². The molecule has 0 saturated heterocycles. The summed E-state index contributed by atoms with van der Waals surface area (Å²) in [6, 6.07) is 9.02. The van der Waals surface area contributed by atoms with Crippen LogP contribution in [0.5, 0.6) is 0 Å². The number of anilines is 1. The van der Waals surface area contributed by atoms with Gasteiger partial charge in [-0.2, -0.15) is 5.26 Å². The number of aromatic nitrogens is 2. The highest BCUT2D eigenvalue weighted by Crippen LogP contribution is 2.31. The van der Waals surface area contributed by atoms with Crippen LogP contribution in [0.2, 0.25) is 0 Å². The SMILES string of the molecule is CCCSc1nnc(S[C@@H](C)C(=O)Nc2ccccc2C#N)s1. The van der Waals surface area contributed by atoms with Crippen LogP contribution in [0.1, 0.15) is 25.8 Å². The molecule has 2 aromatic rings. The molecule has 0 unspecified atom stereocenters. The van der Waals surface area contributed by atoms with Gasteiger partial charge in [-0.05, 0) is 25.5 Å². The standard InChI is InChI=1S/C15H16N4OS3/c1-3-8-21-14-18-19-15(23-14)22-10(2)13(20)17-12-7-5-4-6-11(12)9-16/h4-7,10H,3,8H2,1-2H3,(H,17,20)/t10-/m0/s1. The first-order valence-electron chi connectivity index (χ1n) is 7.07. The van der Waals surface area contributed by atoms with Crippen LogP contribution in [-0.2, 0) is 4.79 Å². The lowest BCUT2D eigenvalue weighted by Gasteiger charge is -2.11. The predicted molar refractivity (Wildman–Crippen MR) is 96.0 cm³/mol. The quantitative estimate of drug-likeness (QED) is 0.747. The summed E-state index contributed by atoms with van der Waals surface area (Å²) < 4.78 is 1.71. The summed E-state index contributed by atoms with van der Waals surface area (Å²) in [5.74, 6) is 0.857. The number of nitrogens with one attached hydrogen (secondary N) is 1. The Morgan fingerprint density at radius 1 is 1.39 bits per heavy atom. The Labute approximate surface area is 147 Å². The maximum absolute atomic E-state index is 12.3. The Hall–Kier alpha value is -1.56. The molecule has 0 aliphatic rings. The van der Waals surface area contributed by atoms with Crippen LogP contribution in [0.4, 0.5) is 5.69 Å². The van der Waals surface area contributed by atoms with Gasteiger partial charge in [-0.25, -0.2) is 0 Å². The number of thioether (sulfide) groups is 2. The molecule has 0 radical (unpaired) electrons. The van der Waals surface area contributed by atoms with Crippen molar-refractivity contribution in [3.63, 3.8) is 0 Å². The third kappa shape index (κ3) is 5.23. The first-order valence-corrected chi connectivity index (χ1v) is 9.75. The van der Waals surface area contributed by atoms with E-state index in [1.165, 1.54) is 23.1 Å². The van der Waals surface area contributed by atoms with Crippen molar-refractivity contribution in [2.75, 3.05) is 11.1 Å². The van der Waals surface area contributed by atoms with Crippen molar-refractivity contribution in [3.8, 4) is 6.07 Å². The van der Waals surface area contributed by atoms with Gasteiger partial charge in [-0.3, -0.25) is 4.79 Å². The van der Waals surface area contributed by atoms with Gasteiger partial charge in [0.15, 0.2) is 8.68 Å². The molecule has 1 amide bonds. The predicted octanol–water partition coefficient (Wildman–Crippen LogP) is 4.03. The number of hydrogen-bond acceptors (Lipinski definition) is 7. The van der Waals surface area contributed by atoms with E-state index >= 15 is 0 Å².